The number of carbonyl (C=O) groups is 1. The first kappa shape index (κ1) is 13.4. The first-order valence-corrected chi connectivity index (χ1v) is 6.16. The van der Waals surface area contributed by atoms with Crippen molar-refractivity contribution in [1.29, 1.82) is 0 Å². The number of benzene rings is 1. The number of primary amides is 1. The van der Waals surface area contributed by atoms with Crippen LogP contribution < -0.4 is 16.2 Å². The summed E-state index contributed by atoms with van der Waals surface area (Å²) in [6, 6.07) is 5.70. The Kier molecular flexibility index (Phi) is 3.48. The van der Waals surface area contributed by atoms with Gasteiger partial charge in [0.25, 0.3) is 5.91 Å². The first-order valence-electron chi connectivity index (χ1n) is 6.16. The summed E-state index contributed by atoms with van der Waals surface area (Å²) in [4.78, 5) is 13.9. The molecule has 5 N–H and O–H groups in total. The molecule has 0 bridgehead atoms. The molecule has 0 fully saturated rings. The Morgan fingerprint density at radius 3 is 2.79 bits per heavy atom. The molecule has 2 aromatic rings. The van der Waals surface area contributed by atoms with Gasteiger partial charge in [-0.25, -0.2) is 0 Å². The number of ether oxygens (including phenoxy) is 1. The van der Waals surface area contributed by atoms with E-state index in [1.165, 1.54) is 0 Å². The fraction of sp³-hybridized carbons (Fsp3) is 0.357. The highest BCUT2D eigenvalue weighted by molar-refractivity contribution is 5.88. The normalized spacial score (nSPS) is 11.7. The molecular weight excluding hydrogens is 242 g/mol. The molecule has 1 aromatic heterocycles. The number of fused-ring (bicyclic) bond motifs is 1. The van der Waals surface area contributed by atoms with Crippen molar-refractivity contribution in [3.05, 3.63) is 30.0 Å². The van der Waals surface area contributed by atoms with Gasteiger partial charge in [-0.1, -0.05) is 12.1 Å². The molecule has 0 aliphatic rings. The van der Waals surface area contributed by atoms with E-state index in [1.807, 2.05) is 32.2 Å². The van der Waals surface area contributed by atoms with Crippen molar-refractivity contribution in [1.82, 2.24) is 4.98 Å². The molecule has 19 heavy (non-hydrogen) atoms. The monoisotopic (exact) mass is 261 g/mol. The Morgan fingerprint density at radius 2 is 2.16 bits per heavy atom. The zero-order valence-electron chi connectivity index (χ0n) is 11.2. The van der Waals surface area contributed by atoms with E-state index in [9.17, 15) is 4.79 Å². The molecule has 0 spiro atoms. The SMILES string of the molecule is CC(C)(N)Cc1c[nH]c2c(OCC(N)=O)cccc12. The minimum atomic E-state index is -0.494. The fourth-order valence-corrected chi connectivity index (χ4v) is 2.09. The van der Waals surface area contributed by atoms with Gasteiger partial charge in [0.1, 0.15) is 5.75 Å². The number of rotatable bonds is 5. The molecular formula is C14H19N3O2. The lowest BCUT2D eigenvalue weighted by Crippen LogP contribution is -2.34. The molecule has 1 heterocycles. The molecule has 0 saturated heterocycles. The predicted octanol–water partition coefficient (Wildman–Crippen LogP) is 1.31. The Hall–Kier alpha value is -2.01. The van der Waals surface area contributed by atoms with Crippen LogP contribution in [0.25, 0.3) is 10.9 Å². The Balaban J connectivity index is 2.34. The van der Waals surface area contributed by atoms with E-state index in [0.717, 1.165) is 22.9 Å². The van der Waals surface area contributed by atoms with Crippen LogP contribution >= 0.6 is 0 Å². The fourth-order valence-electron chi connectivity index (χ4n) is 2.09. The lowest BCUT2D eigenvalue weighted by Gasteiger charge is -2.17. The van der Waals surface area contributed by atoms with Crippen LogP contribution in [0.4, 0.5) is 0 Å². The van der Waals surface area contributed by atoms with E-state index >= 15 is 0 Å². The van der Waals surface area contributed by atoms with Crippen LogP contribution in [0.1, 0.15) is 19.4 Å². The third-order valence-electron chi connectivity index (χ3n) is 2.78. The van der Waals surface area contributed by atoms with Crippen molar-refractivity contribution in [3.8, 4) is 5.75 Å². The van der Waals surface area contributed by atoms with E-state index in [1.54, 1.807) is 6.07 Å². The van der Waals surface area contributed by atoms with Gasteiger partial charge >= 0.3 is 0 Å². The summed E-state index contributed by atoms with van der Waals surface area (Å²) < 4.78 is 5.39. The molecule has 5 nitrogen and oxygen atoms in total. The van der Waals surface area contributed by atoms with Crippen LogP contribution in [-0.4, -0.2) is 23.0 Å². The minimum Gasteiger partial charge on any atom is -0.482 e. The lowest BCUT2D eigenvalue weighted by atomic mass is 9.96. The number of para-hydroxylation sites is 1. The number of amides is 1. The second-order valence-corrected chi connectivity index (χ2v) is 5.41. The molecule has 0 radical (unpaired) electrons. The molecule has 0 aliphatic carbocycles. The second kappa shape index (κ2) is 4.93. The smallest absolute Gasteiger partial charge is 0.255 e. The van der Waals surface area contributed by atoms with Crippen molar-refractivity contribution < 1.29 is 9.53 Å². The van der Waals surface area contributed by atoms with Gasteiger partial charge in [0.15, 0.2) is 6.61 Å². The Labute approximate surface area is 111 Å². The summed E-state index contributed by atoms with van der Waals surface area (Å²) in [5.41, 5.74) is 12.8. The Morgan fingerprint density at radius 1 is 1.42 bits per heavy atom. The van der Waals surface area contributed by atoms with Crippen LogP contribution in [0, 0.1) is 0 Å². The van der Waals surface area contributed by atoms with E-state index in [0.29, 0.717) is 5.75 Å². The summed E-state index contributed by atoms with van der Waals surface area (Å²) in [6.07, 6.45) is 2.68. The molecule has 0 unspecified atom stereocenters. The van der Waals surface area contributed by atoms with E-state index < -0.39 is 5.91 Å². The maximum Gasteiger partial charge on any atom is 0.255 e. The topological polar surface area (TPSA) is 94.1 Å². The van der Waals surface area contributed by atoms with Gasteiger partial charge < -0.3 is 21.2 Å². The molecule has 102 valence electrons. The van der Waals surface area contributed by atoms with Crippen molar-refractivity contribution >= 4 is 16.8 Å². The summed E-state index contributed by atoms with van der Waals surface area (Å²) in [5.74, 6) is 0.129. The van der Waals surface area contributed by atoms with Crippen LogP contribution in [-0.2, 0) is 11.2 Å². The van der Waals surface area contributed by atoms with Crippen LogP contribution in [0.5, 0.6) is 5.75 Å². The zero-order chi connectivity index (χ0) is 14.0. The van der Waals surface area contributed by atoms with Gasteiger partial charge in [0, 0.05) is 17.1 Å². The van der Waals surface area contributed by atoms with Crippen molar-refractivity contribution in [2.75, 3.05) is 6.61 Å². The molecule has 0 atom stereocenters. The molecule has 1 amide bonds. The third kappa shape index (κ3) is 3.26. The first-order chi connectivity index (χ1) is 8.87. The molecule has 2 rings (SSSR count). The quantitative estimate of drug-likeness (QED) is 0.757. The summed E-state index contributed by atoms with van der Waals surface area (Å²) in [6.45, 7) is 3.84. The molecule has 1 aromatic carbocycles. The number of nitrogens with one attached hydrogen (secondary N) is 1. The number of carbonyl (C=O) groups excluding carboxylic acids is 1. The number of aromatic nitrogens is 1. The van der Waals surface area contributed by atoms with Gasteiger partial charge in [-0.15, -0.1) is 0 Å². The van der Waals surface area contributed by atoms with Gasteiger partial charge in [0.05, 0.1) is 5.52 Å². The Bertz CT molecular complexity index is 596. The predicted molar refractivity (Wildman–Crippen MR) is 75.0 cm³/mol. The molecule has 5 heteroatoms. The van der Waals surface area contributed by atoms with E-state index in [4.69, 9.17) is 16.2 Å². The van der Waals surface area contributed by atoms with Gasteiger partial charge in [0.2, 0.25) is 0 Å². The lowest BCUT2D eigenvalue weighted by molar-refractivity contribution is -0.119. The minimum absolute atomic E-state index is 0.129. The largest absolute Gasteiger partial charge is 0.482 e. The average Bonchev–Trinajstić information content (AvgIpc) is 2.68. The summed E-state index contributed by atoms with van der Waals surface area (Å²) in [5, 5.41) is 1.06. The van der Waals surface area contributed by atoms with Gasteiger partial charge in [-0.2, -0.15) is 0 Å². The summed E-state index contributed by atoms with van der Waals surface area (Å²) in [7, 11) is 0. The number of aromatic amines is 1. The van der Waals surface area contributed by atoms with Crippen molar-refractivity contribution in [2.45, 2.75) is 25.8 Å². The van der Waals surface area contributed by atoms with Crippen molar-refractivity contribution in [3.63, 3.8) is 0 Å². The van der Waals surface area contributed by atoms with Crippen LogP contribution in [0.15, 0.2) is 24.4 Å². The van der Waals surface area contributed by atoms with Crippen molar-refractivity contribution in [2.24, 2.45) is 11.5 Å². The number of hydrogen-bond acceptors (Lipinski definition) is 3. The molecule has 0 saturated carbocycles. The highest BCUT2D eigenvalue weighted by Crippen LogP contribution is 2.28. The highest BCUT2D eigenvalue weighted by Gasteiger charge is 2.16. The highest BCUT2D eigenvalue weighted by atomic mass is 16.5. The van der Waals surface area contributed by atoms with Gasteiger partial charge in [-0.3, -0.25) is 4.79 Å². The second-order valence-electron chi connectivity index (χ2n) is 5.41. The summed E-state index contributed by atoms with van der Waals surface area (Å²) >= 11 is 0. The molecule has 0 aliphatic heterocycles. The standard InChI is InChI=1S/C14H19N3O2/c1-14(2,16)6-9-7-17-13-10(9)4-3-5-11(13)19-8-12(15)18/h3-5,7,17H,6,8,16H2,1-2H3,(H2,15,18). The maximum absolute atomic E-state index is 10.8. The maximum atomic E-state index is 10.8. The van der Waals surface area contributed by atoms with Crippen LogP contribution in [0.2, 0.25) is 0 Å². The van der Waals surface area contributed by atoms with Gasteiger partial charge in [-0.05, 0) is 31.9 Å². The van der Waals surface area contributed by atoms with E-state index in [2.05, 4.69) is 4.98 Å². The average molecular weight is 261 g/mol. The number of H-pyrrole nitrogens is 1. The zero-order valence-corrected chi connectivity index (χ0v) is 11.2. The third-order valence-corrected chi connectivity index (χ3v) is 2.78. The van der Waals surface area contributed by atoms with E-state index in [-0.39, 0.29) is 12.1 Å². The van der Waals surface area contributed by atoms with Crippen LogP contribution in [0.3, 0.4) is 0 Å². The number of hydrogen-bond donors (Lipinski definition) is 3. The number of nitrogens with two attached hydrogens (primary N) is 2.